The van der Waals surface area contributed by atoms with E-state index in [0.717, 1.165) is 35.3 Å². The molecule has 0 saturated carbocycles. The summed E-state index contributed by atoms with van der Waals surface area (Å²) in [4.78, 5) is 7.18. The largest absolute Gasteiger partial charge is 0.356 e. The lowest BCUT2D eigenvalue weighted by molar-refractivity contribution is 0.244. The van der Waals surface area contributed by atoms with Gasteiger partial charge in [0.25, 0.3) is 0 Å². The van der Waals surface area contributed by atoms with E-state index >= 15 is 0 Å². The quantitative estimate of drug-likeness (QED) is 0.856. The van der Waals surface area contributed by atoms with Gasteiger partial charge in [0.1, 0.15) is 5.82 Å². The van der Waals surface area contributed by atoms with Gasteiger partial charge in [-0.25, -0.2) is 4.98 Å². The molecule has 0 amide bonds. The van der Waals surface area contributed by atoms with Gasteiger partial charge >= 0.3 is 0 Å². The van der Waals surface area contributed by atoms with Gasteiger partial charge in [0.05, 0.1) is 0 Å². The molecule has 4 heteroatoms. The summed E-state index contributed by atoms with van der Waals surface area (Å²) < 4.78 is 1.15. The summed E-state index contributed by atoms with van der Waals surface area (Å²) in [7, 11) is 0. The molecule has 2 saturated heterocycles. The second-order valence-corrected chi connectivity index (χ2v) is 7.02. The normalized spacial score (nSPS) is 25.9. The number of nitrogens with one attached hydrogen (secondary N) is 1. The molecule has 2 unspecified atom stereocenters. The van der Waals surface area contributed by atoms with Gasteiger partial charge in [0.2, 0.25) is 0 Å². The van der Waals surface area contributed by atoms with Crippen LogP contribution in [-0.4, -0.2) is 30.7 Å². The molecule has 1 aromatic heterocycles. The third-order valence-electron chi connectivity index (χ3n) is 4.92. The number of hydrogen-bond donors (Lipinski definition) is 1. The zero-order valence-electron chi connectivity index (χ0n) is 12.1. The predicted octanol–water partition coefficient (Wildman–Crippen LogP) is 3.58. The number of pyridine rings is 1. The molecule has 3 heterocycles. The van der Waals surface area contributed by atoms with Crippen molar-refractivity contribution in [2.45, 2.75) is 25.3 Å². The Morgan fingerprint density at radius 2 is 2.14 bits per heavy atom. The number of fused-ring (bicyclic) bond motifs is 2. The molecule has 2 atom stereocenters. The Labute approximate surface area is 133 Å². The van der Waals surface area contributed by atoms with Gasteiger partial charge < -0.3 is 10.2 Å². The van der Waals surface area contributed by atoms with Crippen LogP contribution in [0.3, 0.4) is 0 Å². The second kappa shape index (κ2) is 5.58. The van der Waals surface area contributed by atoms with Crippen molar-refractivity contribution in [1.82, 2.24) is 10.3 Å². The number of rotatable bonds is 1. The van der Waals surface area contributed by atoms with Crippen molar-refractivity contribution in [2.24, 2.45) is 5.92 Å². The fourth-order valence-corrected chi connectivity index (χ4v) is 4.34. The first-order chi connectivity index (χ1) is 10.3. The van der Waals surface area contributed by atoms with Crippen LogP contribution in [0.1, 0.15) is 19.3 Å². The fraction of sp³-hybridized carbons (Fsp3) is 0.471. The van der Waals surface area contributed by atoms with Crippen molar-refractivity contribution in [3.8, 4) is 0 Å². The minimum absolute atomic E-state index is 0.719. The third kappa shape index (κ3) is 2.44. The zero-order chi connectivity index (χ0) is 14.2. The molecule has 21 heavy (non-hydrogen) atoms. The third-order valence-corrected chi connectivity index (χ3v) is 5.62. The van der Waals surface area contributed by atoms with Crippen LogP contribution >= 0.6 is 15.9 Å². The van der Waals surface area contributed by atoms with Crippen molar-refractivity contribution in [1.29, 1.82) is 0 Å². The molecule has 2 fully saturated rings. The molecule has 2 aliphatic heterocycles. The minimum Gasteiger partial charge on any atom is -0.356 e. The van der Waals surface area contributed by atoms with Gasteiger partial charge in [0.15, 0.2) is 0 Å². The molecule has 4 rings (SSSR count). The van der Waals surface area contributed by atoms with E-state index < -0.39 is 0 Å². The SMILES string of the molecule is Brc1cccc2c(N3CCC4NCCCC4C3)nccc12. The molecule has 3 nitrogen and oxygen atoms in total. The van der Waals surface area contributed by atoms with Crippen LogP contribution < -0.4 is 10.2 Å². The smallest absolute Gasteiger partial charge is 0.136 e. The molecular weight excluding hydrogens is 326 g/mol. The van der Waals surface area contributed by atoms with E-state index in [1.165, 1.54) is 36.6 Å². The van der Waals surface area contributed by atoms with E-state index in [4.69, 9.17) is 4.98 Å². The highest BCUT2D eigenvalue weighted by molar-refractivity contribution is 9.10. The highest BCUT2D eigenvalue weighted by atomic mass is 79.9. The Morgan fingerprint density at radius 1 is 1.19 bits per heavy atom. The molecule has 2 aromatic rings. The van der Waals surface area contributed by atoms with Crippen LogP contribution in [-0.2, 0) is 0 Å². The van der Waals surface area contributed by atoms with Crippen molar-refractivity contribution < 1.29 is 0 Å². The Balaban J connectivity index is 1.69. The molecule has 0 spiro atoms. The maximum atomic E-state index is 4.69. The van der Waals surface area contributed by atoms with Gasteiger partial charge in [-0.1, -0.05) is 28.1 Å². The summed E-state index contributed by atoms with van der Waals surface area (Å²) >= 11 is 3.65. The summed E-state index contributed by atoms with van der Waals surface area (Å²) in [6.45, 7) is 3.43. The van der Waals surface area contributed by atoms with Crippen molar-refractivity contribution in [3.05, 3.63) is 34.9 Å². The highest BCUT2D eigenvalue weighted by Gasteiger charge is 2.31. The number of hydrogen-bond acceptors (Lipinski definition) is 3. The first-order valence-electron chi connectivity index (χ1n) is 7.84. The first-order valence-corrected chi connectivity index (χ1v) is 8.64. The number of benzene rings is 1. The summed E-state index contributed by atoms with van der Waals surface area (Å²) in [6.07, 6.45) is 5.83. The molecule has 2 aliphatic rings. The van der Waals surface area contributed by atoms with E-state index in [2.05, 4.69) is 50.4 Å². The number of nitrogens with zero attached hydrogens (tertiary/aromatic N) is 2. The van der Waals surface area contributed by atoms with E-state index in [-0.39, 0.29) is 0 Å². The van der Waals surface area contributed by atoms with E-state index in [9.17, 15) is 0 Å². The topological polar surface area (TPSA) is 28.2 Å². The molecule has 0 bridgehead atoms. The number of anilines is 1. The standard InChI is InChI=1S/C17H20BrN3/c18-15-5-1-4-14-13(15)6-9-20-17(14)21-10-7-16-12(11-21)3-2-8-19-16/h1,4-6,9,12,16,19H,2-3,7-8,10-11H2. The van der Waals surface area contributed by atoms with Gasteiger partial charge in [-0.05, 0) is 43.9 Å². The lowest BCUT2D eigenvalue weighted by Crippen LogP contribution is -2.52. The Hall–Kier alpha value is -1.13. The summed E-state index contributed by atoms with van der Waals surface area (Å²) in [5, 5.41) is 6.20. The van der Waals surface area contributed by atoms with Crippen molar-refractivity contribution >= 4 is 32.5 Å². The van der Waals surface area contributed by atoms with Crippen molar-refractivity contribution in [2.75, 3.05) is 24.5 Å². The number of piperidine rings is 2. The van der Waals surface area contributed by atoms with E-state index in [0.29, 0.717) is 0 Å². The van der Waals surface area contributed by atoms with E-state index in [1.807, 2.05) is 6.20 Å². The average Bonchev–Trinajstić information content (AvgIpc) is 2.54. The summed E-state index contributed by atoms with van der Waals surface area (Å²) in [5.74, 6) is 1.93. The maximum absolute atomic E-state index is 4.69. The fourth-order valence-electron chi connectivity index (χ4n) is 3.84. The van der Waals surface area contributed by atoms with Crippen LogP contribution in [0.25, 0.3) is 10.8 Å². The van der Waals surface area contributed by atoms with Gasteiger partial charge in [-0.15, -0.1) is 0 Å². The molecule has 1 aromatic carbocycles. The Bertz CT molecular complexity index is 658. The summed E-state index contributed by atoms with van der Waals surface area (Å²) in [5.41, 5.74) is 0. The van der Waals surface area contributed by atoms with Crippen LogP contribution in [0.2, 0.25) is 0 Å². The molecule has 1 N–H and O–H groups in total. The lowest BCUT2D eigenvalue weighted by Gasteiger charge is -2.42. The predicted molar refractivity (Wildman–Crippen MR) is 90.8 cm³/mol. The van der Waals surface area contributed by atoms with Crippen LogP contribution in [0.4, 0.5) is 5.82 Å². The zero-order valence-corrected chi connectivity index (χ0v) is 13.6. The van der Waals surface area contributed by atoms with Crippen LogP contribution in [0.5, 0.6) is 0 Å². The minimum atomic E-state index is 0.719. The van der Waals surface area contributed by atoms with Gasteiger partial charge in [-0.3, -0.25) is 0 Å². The molecule has 0 aliphatic carbocycles. The lowest BCUT2D eigenvalue weighted by atomic mass is 9.85. The van der Waals surface area contributed by atoms with E-state index in [1.54, 1.807) is 0 Å². The Kier molecular flexibility index (Phi) is 3.59. The monoisotopic (exact) mass is 345 g/mol. The van der Waals surface area contributed by atoms with Gasteiger partial charge in [0, 0.05) is 40.6 Å². The first kappa shape index (κ1) is 13.5. The molecule has 110 valence electrons. The number of halogens is 1. The van der Waals surface area contributed by atoms with Gasteiger partial charge in [-0.2, -0.15) is 0 Å². The van der Waals surface area contributed by atoms with Crippen LogP contribution in [0.15, 0.2) is 34.9 Å². The number of aromatic nitrogens is 1. The second-order valence-electron chi connectivity index (χ2n) is 6.17. The summed E-state index contributed by atoms with van der Waals surface area (Å²) in [6, 6.07) is 9.21. The van der Waals surface area contributed by atoms with Crippen molar-refractivity contribution in [3.63, 3.8) is 0 Å². The maximum Gasteiger partial charge on any atom is 0.136 e. The average molecular weight is 346 g/mol. The molecular formula is C17H20BrN3. The Morgan fingerprint density at radius 3 is 3.10 bits per heavy atom. The molecule has 0 radical (unpaired) electrons. The van der Waals surface area contributed by atoms with Crippen LogP contribution in [0, 0.1) is 5.92 Å². The highest BCUT2D eigenvalue weighted by Crippen LogP contribution is 2.33.